The highest BCUT2D eigenvalue weighted by Crippen LogP contribution is 2.18. The maximum absolute atomic E-state index is 11.4. The van der Waals surface area contributed by atoms with Crippen LogP contribution in [0.3, 0.4) is 0 Å². The summed E-state index contributed by atoms with van der Waals surface area (Å²) in [7, 11) is 0. The van der Waals surface area contributed by atoms with Crippen molar-refractivity contribution in [2.24, 2.45) is 0 Å². The first-order valence-corrected chi connectivity index (χ1v) is 7.12. The summed E-state index contributed by atoms with van der Waals surface area (Å²) < 4.78 is 10.9. The molecule has 1 rings (SSSR count). The summed E-state index contributed by atoms with van der Waals surface area (Å²) in [6.45, 7) is 11.1. The Bertz CT molecular complexity index is 279. The summed E-state index contributed by atoms with van der Waals surface area (Å²) in [4.78, 5) is 11.4. The molecular weight excluding hydrogens is 244 g/mol. The predicted octanol–water partition coefficient (Wildman–Crippen LogP) is 2.06. The zero-order valence-corrected chi connectivity index (χ0v) is 12.8. The number of rotatable bonds is 4. The van der Waals surface area contributed by atoms with Gasteiger partial charge in [0.2, 0.25) is 0 Å². The second kappa shape index (κ2) is 7.10. The summed E-state index contributed by atoms with van der Waals surface area (Å²) >= 11 is 0. The van der Waals surface area contributed by atoms with Gasteiger partial charge in [0.05, 0.1) is 12.2 Å². The molecule has 1 saturated heterocycles. The van der Waals surface area contributed by atoms with Crippen LogP contribution in [0.1, 0.15) is 47.5 Å². The molecule has 1 amide bonds. The second-order valence-corrected chi connectivity index (χ2v) is 6.31. The van der Waals surface area contributed by atoms with Crippen molar-refractivity contribution in [2.75, 3.05) is 13.1 Å². The molecule has 0 radical (unpaired) electrons. The smallest absolute Gasteiger partial charge is 0.407 e. The monoisotopic (exact) mass is 272 g/mol. The minimum Gasteiger partial charge on any atom is -0.444 e. The molecule has 5 heteroatoms. The van der Waals surface area contributed by atoms with Crippen molar-refractivity contribution in [3.8, 4) is 0 Å². The van der Waals surface area contributed by atoms with Crippen LogP contribution in [0.2, 0.25) is 0 Å². The Hall–Kier alpha value is -0.810. The Morgan fingerprint density at radius 3 is 2.32 bits per heavy atom. The van der Waals surface area contributed by atoms with Crippen molar-refractivity contribution in [2.45, 2.75) is 71.3 Å². The summed E-state index contributed by atoms with van der Waals surface area (Å²) in [5.41, 5.74) is -0.441. The zero-order valence-electron chi connectivity index (χ0n) is 12.8. The molecule has 112 valence electrons. The van der Waals surface area contributed by atoms with Gasteiger partial charge in [0, 0.05) is 19.1 Å². The summed E-state index contributed by atoms with van der Waals surface area (Å²) in [5.74, 6) is 0. The molecule has 0 aliphatic carbocycles. The maximum Gasteiger partial charge on any atom is 0.407 e. The highest BCUT2D eigenvalue weighted by Gasteiger charge is 2.23. The summed E-state index contributed by atoms with van der Waals surface area (Å²) in [5, 5.41) is 6.20. The van der Waals surface area contributed by atoms with E-state index in [-0.39, 0.29) is 6.09 Å². The van der Waals surface area contributed by atoms with Gasteiger partial charge in [-0.3, -0.25) is 0 Å². The van der Waals surface area contributed by atoms with E-state index in [4.69, 9.17) is 9.47 Å². The van der Waals surface area contributed by atoms with Crippen molar-refractivity contribution in [1.82, 2.24) is 10.6 Å². The Morgan fingerprint density at radius 2 is 1.79 bits per heavy atom. The van der Waals surface area contributed by atoms with Gasteiger partial charge in [-0.1, -0.05) is 0 Å². The third-order valence-corrected chi connectivity index (χ3v) is 2.92. The number of carbonyl (C=O) groups excluding carboxylic acids is 1. The van der Waals surface area contributed by atoms with E-state index in [1.54, 1.807) is 0 Å². The van der Waals surface area contributed by atoms with E-state index in [9.17, 15) is 4.79 Å². The Morgan fingerprint density at radius 1 is 1.21 bits per heavy atom. The number of alkyl carbamates (subject to hydrolysis) is 1. The number of ether oxygens (including phenoxy) is 2. The van der Waals surface area contributed by atoms with Gasteiger partial charge in [-0.05, 0) is 47.5 Å². The topological polar surface area (TPSA) is 59.6 Å². The van der Waals surface area contributed by atoms with Crippen LogP contribution in [0.15, 0.2) is 0 Å². The van der Waals surface area contributed by atoms with Crippen LogP contribution in [0.5, 0.6) is 0 Å². The highest BCUT2D eigenvalue weighted by molar-refractivity contribution is 5.67. The van der Waals surface area contributed by atoms with Gasteiger partial charge in [0.15, 0.2) is 0 Å². The van der Waals surface area contributed by atoms with Gasteiger partial charge in [-0.2, -0.15) is 0 Å². The molecule has 0 bridgehead atoms. The molecule has 0 saturated carbocycles. The molecule has 19 heavy (non-hydrogen) atoms. The lowest BCUT2D eigenvalue weighted by atomic mass is 10.00. The van der Waals surface area contributed by atoms with Gasteiger partial charge in [0.1, 0.15) is 5.60 Å². The quantitative estimate of drug-likeness (QED) is 0.769. The van der Waals surface area contributed by atoms with Gasteiger partial charge >= 0.3 is 6.09 Å². The molecule has 1 aliphatic rings. The van der Waals surface area contributed by atoms with E-state index >= 15 is 0 Å². The first-order chi connectivity index (χ1) is 8.76. The molecule has 5 nitrogen and oxygen atoms in total. The van der Waals surface area contributed by atoms with Crippen LogP contribution < -0.4 is 10.6 Å². The van der Waals surface area contributed by atoms with Gasteiger partial charge < -0.3 is 20.1 Å². The molecule has 2 unspecified atom stereocenters. The van der Waals surface area contributed by atoms with Crippen LogP contribution in [0, 0.1) is 0 Å². The van der Waals surface area contributed by atoms with E-state index < -0.39 is 5.60 Å². The standard InChI is InChI=1S/C14H28N2O3/c1-10-8-12(9-11(2)18-10)15-6-7-16-13(17)19-14(3,4)5/h10-12,15H,6-9H2,1-5H3,(H,16,17). The molecule has 2 atom stereocenters. The largest absolute Gasteiger partial charge is 0.444 e. The fourth-order valence-electron chi connectivity index (χ4n) is 2.33. The average Bonchev–Trinajstić information content (AvgIpc) is 2.20. The van der Waals surface area contributed by atoms with Crippen molar-refractivity contribution in [1.29, 1.82) is 0 Å². The van der Waals surface area contributed by atoms with Gasteiger partial charge in [-0.15, -0.1) is 0 Å². The second-order valence-electron chi connectivity index (χ2n) is 6.31. The first kappa shape index (κ1) is 16.2. The summed E-state index contributed by atoms with van der Waals surface area (Å²) in [6, 6.07) is 0.471. The molecule has 0 aromatic carbocycles. The third-order valence-electron chi connectivity index (χ3n) is 2.92. The SMILES string of the molecule is CC1CC(NCCNC(=O)OC(C)(C)C)CC(C)O1. The zero-order chi connectivity index (χ0) is 14.5. The number of amides is 1. The molecular formula is C14H28N2O3. The molecule has 0 aromatic heterocycles. The lowest BCUT2D eigenvalue weighted by molar-refractivity contribution is -0.0419. The van der Waals surface area contributed by atoms with Crippen LogP contribution in [0.4, 0.5) is 4.79 Å². The van der Waals surface area contributed by atoms with Crippen LogP contribution in [0.25, 0.3) is 0 Å². The van der Waals surface area contributed by atoms with E-state index in [0.29, 0.717) is 24.8 Å². The normalized spacial score (nSPS) is 27.9. The number of hydrogen-bond acceptors (Lipinski definition) is 4. The average molecular weight is 272 g/mol. The van der Waals surface area contributed by atoms with E-state index in [2.05, 4.69) is 24.5 Å². The Balaban J connectivity index is 2.12. The molecule has 1 aliphatic heterocycles. The minimum absolute atomic E-state index is 0.306. The van der Waals surface area contributed by atoms with E-state index in [1.165, 1.54) is 0 Å². The number of carbonyl (C=O) groups is 1. The summed E-state index contributed by atoms with van der Waals surface area (Å²) in [6.07, 6.45) is 2.30. The van der Waals surface area contributed by atoms with Crippen LogP contribution >= 0.6 is 0 Å². The lowest BCUT2D eigenvalue weighted by Crippen LogP contribution is -2.44. The van der Waals surface area contributed by atoms with Crippen LogP contribution in [-0.2, 0) is 9.47 Å². The lowest BCUT2D eigenvalue weighted by Gasteiger charge is -2.32. The molecule has 1 heterocycles. The maximum atomic E-state index is 11.4. The van der Waals surface area contributed by atoms with Gasteiger partial charge in [0.25, 0.3) is 0 Å². The predicted molar refractivity (Wildman–Crippen MR) is 75.3 cm³/mol. The van der Waals surface area contributed by atoms with Gasteiger partial charge in [-0.25, -0.2) is 4.79 Å². The minimum atomic E-state index is -0.441. The fourth-order valence-corrected chi connectivity index (χ4v) is 2.33. The number of nitrogens with one attached hydrogen (secondary N) is 2. The third kappa shape index (κ3) is 7.38. The highest BCUT2D eigenvalue weighted by atomic mass is 16.6. The fraction of sp³-hybridized carbons (Fsp3) is 0.929. The molecule has 0 spiro atoms. The van der Waals surface area contributed by atoms with Crippen LogP contribution in [-0.4, -0.2) is 43.0 Å². The van der Waals surface area contributed by atoms with Crippen molar-refractivity contribution in [3.05, 3.63) is 0 Å². The Labute approximate surface area is 116 Å². The van der Waals surface area contributed by atoms with E-state index in [0.717, 1.165) is 19.4 Å². The van der Waals surface area contributed by atoms with Crippen molar-refractivity contribution < 1.29 is 14.3 Å². The Kier molecular flexibility index (Phi) is 6.07. The molecule has 1 fully saturated rings. The number of hydrogen-bond donors (Lipinski definition) is 2. The van der Waals surface area contributed by atoms with E-state index in [1.807, 2.05) is 20.8 Å². The van der Waals surface area contributed by atoms with Crippen molar-refractivity contribution >= 4 is 6.09 Å². The molecule has 0 aromatic rings. The molecule has 2 N–H and O–H groups in total. The first-order valence-electron chi connectivity index (χ1n) is 7.12. The van der Waals surface area contributed by atoms with Crippen molar-refractivity contribution in [3.63, 3.8) is 0 Å².